The van der Waals surface area contributed by atoms with E-state index in [4.69, 9.17) is 0 Å². The summed E-state index contributed by atoms with van der Waals surface area (Å²) >= 11 is 0. The Kier molecular flexibility index (Phi) is 3.28. The van der Waals surface area contributed by atoms with Crippen molar-refractivity contribution in [3.63, 3.8) is 0 Å². The molecule has 1 amide bonds. The number of fused-ring (bicyclic) bond motifs is 1. The first-order valence-corrected chi connectivity index (χ1v) is 6.04. The first kappa shape index (κ1) is 13.1. The zero-order valence-corrected chi connectivity index (χ0v) is 11.1. The van der Waals surface area contributed by atoms with E-state index in [1.807, 2.05) is 6.92 Å². The Labute approximate surface area is 109 Å². The van der Waals surface area contributed by atoms with Gasteiger partial charge in [-0.15, -0.1) is 0 Å². The van der Waals surface area contributed by atoms with Crippen molar-refractivity contribution in [1.82, 2.24) is 9.13 Å². The Hall–Kier alpha value is -2.31. The van der Waals surface area contributed by atoms with Crippen LogP contribution in [0.3, 0.4) is 0 Å². The van der Waals surface area contributed by atoms with Crippen LogP contribution in [0.5, 0.6) is 0 Å². The topological polar surface area (TPSA) is 85.1 Å². The summed E-state index contributed by atoms with van der Waals surface area (Å²) in [6, 6.07) is 0. The van der Waals surface area contributed by atoms with E-state index < -0.39 is 11.2 Å². The third-order valence-corrected chi connectivity index (χ3v) is 3.02. The van der Waals surface area contributed by atoms with Crippen molar-refractivity contribution >= 4 is 17.4 Å². The maximum absolute atomic E-state index is 12.1. The number of amides is 1. The van der Waals surface area contributed by atoms with Gasteiger partial charge in [-0.3, -0.25) is 18.7 Å². The van der Waals surface area contributed by atoms with Crippen LogP contribution in [0, 0.1) is 0 Å². The van der Waals surface area contributed by atoms with Gasteiger partial charge in [0.1, 0.15) is 11.5 Å². The molecule has 102 valence electrons. The van der Waals surface area contributed by atoms with Crippen LogP contribution in [-0.2, 0) is 18.9 Å². The molecule has 19 heavy (non-hydrogen) atoms. The third kappa shape index (κ3) is 2.18. The summed E-state index contributed by atoms with van der Waals surface area (Å²) in [5, 5.41) is 5.51. The predicted octanol–water partition coefficient (Wildman–Crippen LogP) is 0.132. The second-order valence-electron chi connectivity index (χ2n) is 4.46. The Morgan fingerprint density at radius 3 is 2.42 bits per heavy atom. The number of hydrogen-bond donors (Lipinski definition) is 2. The molecule has 0 unspecified atom stereocenters. The lowest BCUT2D eigenvalue weighted by molar-refractivity contribution is -0.112. The molecule has 0 bridgehead atoms. The molecule has 0 saturated carbocycles. The highest BCUT2D eigenvalue weighted by Crippen LogP contribution is 2.21. The molecule has 7 heteroatoms. The van der Waals surface area contributed by atoms with E-state index in [0.717, 1.165) is 11.0 Å². The predicted molar refractivity (Wildman–Crippen MR) is 72.2 cm³/mol. The van der Waals surface area contributed by atoms with Crippen LogP contribution < -0.4 is 21.9 Å². The lowest BCUT2D eigenvalue weighted by Crippen LogP contribution is -2.39. The van der Waals surface area contributed by atoms with Gasteiger partial charge in [0, 0.05) is 25.9 Å². The van der Waals surface area contributed by atoms with Crippen molar-refractivity contribution in [3.05, 3.63) is 32.6 Å². The molecule has 0 fully saturated rings. The highest BCUT2D eigenvalue weighted by Gasteiger charge is 2.20. The molecule has 1 aliphatic heterocycles. The van der Waals surface area contributed by atoms with Gasteiger partial charge in [-0.1, -0.05) is 13.3 Å². The average molecular weight is 264 g/mol. The summed E-state index contributed by atoms with van der Waals surface area (Å²) in [6.45, 7) is 1.98. The summed E-state index contributed by atoms with van der Waals surface area (Å²) in [5.41, 5.74) is -0.0586. The summed E-state index contributed by atoms with van der Waals surface area (Å²) in [5.74, 6) is -0.154. The van der Waals surface area contributed by atoms with Gasteiger partial charge < -0.3 is 10.6 Å². The van der Waals surface area contributed by atoms with Crippen molar-refractivity contribution in [2.24, 2.45) is 14.1 Å². The van der Waals surface area contributed by atoms with Gasteiger partial charge in [0.25, 0.3) is 11.5 Å². The third-order valence-electron chi connectivity index (χ3n) is 3.02. The first-order chi connectivity index (χ1) is 8.95. The summed E-state index contributed by atoms with van der Waals surface area (Å²) in [6.07, 6.45) is 2.90. The van der Waals surface area contributed by atoms with Gasteiger partial charge in [-0.05, 0) is 6.42 Å². The zero-order chi connectivity index (χ0) is 14.2. The number of allylic oxidation sites excluding steroid dienone is 1. The second-order valence-corrected chi connectivity index (χ2v) is 4.46. The van der Waals surface area contributed by atoms with E-state index >= 15 is 0 Å². The van der Waals surface area contributed by atoms with Gasteiger partial charge >= 0.3 is 5.69 Å². The maximum atomic E-state index is 12.1. The van der Waals surface area contributed by atoms with Crippen molar-refractivity contribution < 1.29 is 4.79 Å². The quantitative estimate of drug-likeness (QED) is 0.795. The lowest BCUT2D eigenvalue weighted by Gasteiger charge is -2.14. The molecule has 0 aromatic carbocycles. The van der Waals surface area contributed by atoms with Crippen LogP contribution in [0.15, 0.2) is 21.4 Å². The number of anilines is 2. The fourth-order valence-electron chi connectivity index (χ4n) is 2.01. The number of carbonyl (C=O) groups is 1. The molecule has 2 rings (SSSR count). The van der Waals surface area contributed by atoms with Crippen LogP contribution in [0.2, 0.25) is 0 Å². The molecule has 0 spiro atoms. The van der Waals surface area contributed by atoms with E-state index in [1.54, 1.807) is 0 Å². The lowest BCUT2D eigenvalue weighted by atomic mass is 10.2. The number of nitrogens with zero attached hydrogens (tertiary/aromatic N) is 2. The van der Waals surface area contributed by atoms with Gasteiger partial charge in [0.15, 0.2) is 0 Å². The Morgan fingerprint density at radius 1 is 1.11 bits per heavy atom. The van der Waals surface area contributed by atoms with Crippen LogP contribution in [-0.4, -0.2) is 15.0 Å². The minimum absolute atomic E-state index is 0.195. The smallest absolute Gasteiger partial charge is 0.332 e. The van der Waals surface area contributed by atoms with E-state index in [0.29, 0.717) is 12.1 Å². The van der Waals surface area contributed by atoms with Gasteiger partial charge in [0.05, 0.1) is 0 Å². The monoisotopic (exact) mass is 264 g/mol. The molecule has 1 aliphatic rings. The van der Waals surface area contributed by atoms with E-state index in [2.05, 4.69) is 10.6 Å². The largest absolute Gasteiger partial charge is 0.351 e. The Balaban J connectivity index is 2.67. The molecule has 7 nitrogen and oxygen atoms in total. The Morgan fingerprint density at radius 2 is 1.79 bits per heavy atom. The fourth-order valence-corrected chi connectivity index (χ4v) is 2.01. The highest BCUT2D eigenvalue weighted by molar-refractivity contribution is 6.02. The van der Waals surface area contributed by atoms with E-state index in [9.17, 15) is 14.4 Å². The molecule has 0 aliphatic carbocycles. The first-order valence-electron chi connectivity index (χ1n) is 6.04. The van der Waals surface area contributed by atoms with E-state index in [1.165, 1.54) is 24.7 Å². The molecule has 0 atom stereocenters. The summed E-state index contributed by atoms with van der Waals surface area (Å²) in [7, 11) is 2.91. The minimum Gasteiger partial charge on any atom is -0.351 e. The van der Waals surface area contributed by atoms with Crippen molar-refractivity contribution in [2.45, 2.75) is 19.8 Å². The van der Waals surface area contributed by atoms with Crippen LogP contribution in [0.25, 0.3) is 0 Å². The zero-order valence-electron chi connectivity index (χ0n) is 11.1. The molecule has 2 heterocycles. The standard InChI is InChI=1S/C12H16N4O3/c1-4-5-7-6-8(17)14-10-9(13-7)11(18)16(3)12(19)15(10)2/h6,13H,4-5H2,1-3H3,(H,14,17). The van der Waals surface area contributed by atoms with Crippen molar-refractivity contribution in [1.29, 1.82) is 0 Å². The summed E-state index contributed by atoms with van der Waals surface area (Å²) in [4.78, 5) is 35.7. The molecule has 1 aromatic rings. The highest BCUT2D eigenvalue weighted by atomic mass is 16.2. The van der Waals surface area contributed by atoms with Gasteiger partial charge in [-0.2, -0.15) is 0 Å². The minimum atomic E-state index is -0.482. The van der Waals surface area contributed by atoms with Gasteiger partial charge in [0.2, 0.25) is 0 Å². The molecular weight excluding hydrogens is 248 g/mol. The number of hydrogen-bond acceptors (Lipinski definition) is 4. The van der Waals surface area contributed by atoms with Crippen LogP contribution in [0.4, 0.5) is 11.5 Å². The number of aromatic nitrogens is 2. The molecule has 2 N–H and O–H groups in total. The number of rotatable bonds is 2. The normalized spacial score (nSPS) is 14.1. The maximum Gasteiger partial charge on any atom is 0.332 e. The van der Waals surface area contributed by atoms with Crippen LogP contribution in [0.1, 0.15) is 19.8 Å². The molecule has 0 saturated heterocycles. The molecule has 1 aromatic heterocycles. The van der Waals surface area contributed by atoms with Crippen LogP contribution >= 0.6 is 0 Å². The number of nitrogens with one attached hydrogen (secondary N) is 2. The van der Waals surface area contributed by atoms with Crippen molar-refractivity contribution in [2.75, 3.05) is 10.6 Å². The molecule has 0 radical (unpaired) electrons. The second kappa shape index (κ2) is 4.75. The summed E-state index contributed by atoms with van der Waals surface area (Å²) < 4.78 is 2.25. The van der Waals surface area contributed by atoms with Crippen molar-refractivity contribution in [3.8, 4) is 0 Å². The number of carbonyl (C=O) groups excluding carboxylic acids is 1. The van der Waals surface area contributed by atoms with E-state index in [-0.39, 0.29) is 17.4 Å². The molecular formula is C12H16N4O3. The fraction of sp³-hybridized carbons (Fsp3) is 0.417. The Bertz CT molecular complexity index is 681. The van der Waals surface area contributed by atoms with Gasteiger partial charge in [-0.25, -0.2) is 4.79 Å². The average Bonchev–Trinajstić information content (AvgIpc) is 2.53. The SMILES string of the molecule is CCCC1=CC(=O)Nc2c(c(=O)n(C)c(=O)n2C)N1.